The van der Waals surface area contributed by atoms with Crippen LogP contribution < -0.4 is 0 Å². The smallest absolute Gasteiger partial charge is 0.323 e. The quantitative estimate of drug-likeness (QED) is 0.766. The number of carboxylic acids is 1. The number of carbonyl (C=O) groups is 1. The number of carboxylic acid groups (broad SMARTS) is 1. The van der Waals surface area contributed by atoms with Crippen molar-refractivity contribution in [2.45, 2.75) is 0 Å². The summed E-state index contributed by atoms with van der Waals surface area (Å²) in [4.78, 5) is 11.8. The molecule has 0 saturated heterocycles. The second-order valence-electron chi connectivity index (χ2n) is 1.72. The highest BCUT2D eigenvalue weighted by molar-refractivity contribution is 8.93. The zero-order valence-corrected chi connectivity index (χ0v) is 7.72. The fourth-order valence-corrected chi connectivity index (χ4v) is 1.30. The molecule has 1 rings (SSSR count). The van der Waals surface area contributed by atoms with Gasteiger partial charge < -0.3 is 10.0 Å². The third-order valence-corrected chi connectivity index (χ3v) is 1.74. The van der Waals surface area contributed by atoms with Crippen LogP contribution in [0.4, 0.5) is 0 Å². The lowest BCUT2D eigenvalue weighted by Gasteiger charge is -2.09. The summed E-state index contributed by atoms with van der Waals surface area (Å²) in [5.41, 5.74) is 0. The summed E-state index contributed by atoms with van der Waals surface area (Å²) in [5, 5.41) is 10.2. The van der Waals surface area contributed by atoms with Crippen LogP contribution in [0.1, 0.15) is 0 Å². The number of hydrogen-bond acceptors (Lipinski definition) is 3. The van der Waals surface area contributed by atoms with Gasteiger partial charge in [-0.2, -0.15) is 0 Å². The molecule has 0 aromatic heterocycles. The molecule has 0 amide bonds. The highest BCUT2D eigenvalue weighted by Crippen LogP contribution is 2.13. The lowest BCUT2D eigenvalue weighted by atomic mass is 10.6. The van der Waals surface area contributed by atoms with Crippen molar-refractivity contribution < 1.29 is 9.90 Å². The molecule has 0 atom stereocenters. The maximum atomic E-state index is 10.1. The number of hydrogen-bond donors (Lipinski definition) is 1. The Balaban J connectivity index is 0.000000810. The molecule has 0 radical (unpaired) electrons. The minimum atomic E-state index is -0.776. The Bertz CT molecular complexity index is 151. The molecule has 0 unspecified atom stereocenters. The van der Waals surface area contributed by atoms with Crippen molar-refractivity contribution >= 4 is 34.7 Å². The van der Waals surface area contributed by atoms with Gasteiger partial charge in [-0.15, -0.1) is 28.7 Å². The lowest BCUT2D eigenvalue weighted by molar-refractivity contribution is -0.137. The average molecular weight is 226 g/mol. The summed E-state index contributed by atoms with van der Waals surface area (Å²) in [7, 11) is 0. The van der Waals surface area contributed by atoms with Crippen LogP contribution in [-0.2, 0) is 4.79 Å². The first-order chi connectivity index (χ1) is 4.29. The van der Waals surface area contributed by atoms with Crippen molar-refractivity contribution in [3.8, 4) is 0 Å². The topological polar surface area (TPSA) is 40.5 Å². The van der Waals surface area contributed by atoms with Crippen LogP contribution in [0, 0.1) is 0 Å². The van der Waals surface area contributed by atoms with Crippen LogP contribution in [0.5, 0.6) is 0 Å². The summed E-state index contributed by atoms with van der Waals surface area (Å²) >= 11 is 1.61. The zero-order valence-electron chi connectivity index (χ0n) is 5.19. The van der Waals surface area contributed by atoms with E-state index in [1.807, 2.05) is 5.41 Å². The van der Waals surface area contributed by atoms with Crippen LogP contribution in [0.3, 0.4) is 0 Å². The van der Waals surface area contributed by atoms with Gasteiger partial charge in [-0.1, -0.05) is 0 Å². The van der Waals surface area contributed by atoms with Gasteiger partial charge in [-0.25, -0.2) is 0 Å². The molecule has 10 heavy (non-hydrogen) atoms. The second-order valence-corrected chi connectivity index (χ2v) is 2.59. The number of rotatable bonds is 2. The minimum Gasteiger partial charge on any atom is -0.480 e. The fourth-order valence-electron chi connectivity index (χ4n) is 0.583. The molecule has 1 aliphatic rings. The van der Waals surface area contributed by atoms with Gasteiger partial charge in [-0.05, 0) is 5.41 Å². The number of nitrogens with zero attached hydrogens (tertiary/aromatic N) is 1. The first-order valence-corrected chi connectivity index (χ1v) is 3.58. The molecule has 0 fully saturated rings. The first-order valence-electron chi connectivity index (χ1n) is 2.53. The molecular weight excluding hydrogens is 218 g/mol. The van der Waals surface area contributed by atoms with Gasteiger partial charge in [0.05, 0.1) is 5.88 Å². The molecule has 0 aromatic rings. The third-order valence-electron chi connectivity index (χ3n) is 0.947. The molecule has 0 saturated carbocycles. The van der Waals surface area contributed by atoms with E-state index in [9.17, 15) is 4.79 Å². The monoisotopic (exact) mass is 225 g/mol. The van der Waals surface area contributed by atoms with Gasteiger partial charge in [0.15, 0.2) is 0 Å². The predicted octanol–water partition coefficient (Wildman–Crippen LogP) is 1.13. The van der Waals surface area contributed by atoms with Gasteiger partial charge in [0.1, 0.15) is 6.54 Å². The number of thioether (sulfide) groups is 1. The molecule has 5 heteroatoms. The van der Waals surface area contributed by atoms with Gasteiger partial charge in [-0.3, -0.25) is 4.79 Å². The Morgan fingerprint density at radius 2 is 2.50 bits per heavy atom. The second kappa shape index (κ2) is 4.62. The van der Waals surface area contributed by atoms with Crippen LogP contribution in [0.15, 0.2) is 11.6 Å². The summed E-state index contributed by atoms with van der Waals surface area (Å²) in [5.74, 6) is -0.00565. The molecule has 1 heterocycles. The van der Waals surface area contributed by atoms with Crippen molar-refractivity contribution in [1.29, 1.82) is 0 Å². The highest BCUT2D eigenvalue weighted by atomic mass is 79.9. The predicted molar refractivity (Wildman–Crippen MR) is 46.3 cm³/mol. The average Bonchev–Trinajstić information content (AvgIpc) is 2.15. The molecule has 58 valence electrons. The largest absolute Gasteiger partial charge is 0.480 e. The third kappa shape index (κ3) is 3.12. The fraction of sp³-hybridized carbons (Fsp3) is 0.400. The number of aliphatic carboxylic acids is 1. The van der Waals surface area contributed by atoms with Crippen LogP contribution in [-0.4, -0.2) is 28.4 Å². The number of halogens is 1. The van der Waals surface area contributed by atoms with E-state index in [0.29, 0.717) is 0 Å². The summed E-state index contributed by atoms with van der Waals surface area (Å²) in [6.07, 6.45) is 1.79. The molecule has 3 nitrogen and oxygen atoms in total. The van der Waals surface area contributed by atoms with Gasteiger partial charge >= 0.3 is 5.97 Å². The van der Waals surface area contributed by atoms with E-state index >= 15 is 0 Å². The molecule has 1 aliphatic heterocycles. The molecule has 1 N–H and O–H groups in total. The first kappa shape index (κ1) is 9.84. The summed E-state index contributed by atoms with van der Waals surface area (Å²) < 4.78 is 0. The van der Waals surface area contributed by atoms with Crippen LogP contribution >= 0.6 is 28.7 Å². The SMILES string of the molecule is Br.O=C(O)CN1C=CSC1. The minimum absolute atomic E-state index is 0. The van der Waals surface area contributed by atoms with E-state index in [1.54, 1.807) is 22.9 Å². The van der Waals surface area contributed by atoms with Gasteiger partial charge in [0.2, 0.25) is 0 Å². The summed E-state index contributed by atoms with van der Waals surface area (Å²) in [6, 6.07) is 0. The van der Waals surface area contributed by atoms with E-state index in [4.69, 9.17) is 5.11 Å². The van der Waals surface area contributed by atoms with Crippen LogP contribution in [0.25, 0.3) is 0 Å². The Kier molecular flexibility index (Phi) is 4.55. The van der Waals surface area contributed by atoms with E-state index < -0.39 is 5.97 Å². The standard InChI is InChI=1S/C5H7NO2S.BrH/c7-5(8)3-6-1-2-9-4-6;/h1-2H,3-4H2,(H,7,8);1H. The Labute approximate surface area is 73.9 Å². The van der Waals surface area contributed by atoms with Crippen molar-refractivity contribution in [2.24, 2.45) is 0 Å². The van der Waals surface area contributed by atoms with Crippen molar-refractivity contribution in [3.63, 3.8) is 0 Å². The molecule has 0 aliphatic carbocycles. The lowest BCUT2D eigenvalue weighted by Crippen LogP contribution is -2.21. The molecular formula is C5H8BrNO2S. The summed E-state index contributed by atoms with van der Waals surface area (Å²) in [6.45, 7) is 0.115. The molecule has 0 bridgehead atoms. The van der Waals surface area contributed by atoms with Crippen LogP contribution in [0.2, 0.25) is 0 Å². The van der Waals surface area contributed by atoms with Gasteiger partial charge in [0, 0.05) is 6.20 Å². The highest BCUT2D eigenvalue weighted by Gasteiger charge is 2.07. The maximum absolute atomic E-state index is 10.1. The van der Waals surface area contributed by atoms with E-state index in [-0.39, 0.29) is 23.5 Å². The van der Waals surface area contributed by atoms with E-state index in [1.165, 1.54) is 0 Å². The zero-order chi connectivity index (χ0) is 6.69. The molecule has 0 aromatic carbocycles. The Hall–Kier alpha value is -0.160. The normalized spacial score (nSPS) is 15.0. The van der Waals surface area contributed by atoms with Crippen molar-refractivity contribution in [2.75, 3.05) is 12.4 Å². The van der Waals surface area contributed by atoms with Crippen molar-refractivity contribution in [3.05, 3.63) is 11.6 Å². The Morgan fingerprint density at radius 3 is 2.90 bits per heavy atom. The van der Waals surface area contributed by atoms with E-state index in [0.717, 1.165) is 5.88 Å². The molecule has 0 spiro atoms. The maximum Gasteiger partial charge on any atom is 0.323 e. The van der Waals surface area contributed by atoms with Gasteiger partial charge in [0.25, 0.3) is 0 Å². The Morgan fingerprint density at radius 1 is 1.80 bits per heavy atom. The van der Waals surface area contributed by atoms with Crippen molar-refractivity contribution in [1.82, 2.24) is 4.90 Å². The van der Waals surface area contributed by atoms with E-state index in [2.05, 4.69) is 0 Å².